The van der Waals surface area contributed by atoms with Gasteiger partial charge in [0, 0.05) is 4.88 Å². The molecular formula is C20H22N2O2S. The van der Waals surface area contributed by atoms with Crippen molar-refractivity contribution >= 4 is 22.2 Å². The van der Waals surface area contributed by atoms with Crippen LogP contribution in [0.2, 0.25) is 0 Å². The van der Waals surface area contributed by atoms with Gasteiger partial charge in [-0.25, -0.2) is 0 Å². The maximum atomic E-state index is 12.3. The van der Waals surface area contributed by atoms with Crippen molar-refractivity contribution in [3.63, 3.8) is 0 Å². The standard InChI is InChI=1S/C20H22N2O2S/c1-13(2)14-7-3-5-9-17(14)24-12-19(23)22-20-16(11-21)15-8-4-6-10-18(15)25-20/h3,5,7,9,13H,4,6,8,10,12H2,1-2H3,(H,22,23). The number of nitriles is 1. The molecule has 0 fully saturated rings. The van der Waals surface area contributed by atoms with Gasteiger partial charge in [-0.05, 0) is 48.8 Å². The average molecular weight is 354 g/mol. The molecule has 0 saturated heterocycles. The Hall–Kier alpha value is -2.32. The number of hydrogen-bond donors (Lipinski definition) is 1. The van der Waals surface area contributed by atoms with Crippen LogP contribution in [0.3, 0.4) is 0 Å². The van der Waals surface area contributed by atoms with E-state index < -0.39 is 0 Å². The molecule has 1 heterocycles. The molecule has 0 saturated carbocycles. The Morgan fingerprint density at radius 2 is 2.08 bits per heavy atom. The highest BCUT2D eigenvalue weighted by Gasteiger charge is 2.22. The summed E-state index contributed by atoms with van der Waals surface area (Å²) in [5.74, 6) is 0.834. The second kappa shape index (κ2) is 7.71. The Morgan fingerprint density at radius 3 is 2.84 bits per heavy atom. The lowest BCUT2D eigenvalue weighted by Gasteiger charge is -2.13. The molecule has 5 heteroatoms. The molecule has 25 heavy (non-hydrogen) atoms. The first-order valence-corrected chi connectivity index (χ1v) is 9.48. The predicted octanol–water partition coefficient (Wildman–Crippen LogP) is 4.64. The van der Waals surface area contributed by atoms with Crippen molar-refractivity contribution in [3.05, 3.63) is 45.8 Å². The van der Waals surface area contributed by atoms with Crippen LogP contribution < -0.4 is 10.1 Å². The summed E-state index contributed by atoms with van der Waals surface area (Å²) in [5, 5.41) is 13.0. The van der Waals surface area contributed by atoms with E-state index in [0.29, 0.717) is 16.5 Å². The second-order valence-corrected chi connectivity index (χ2v) is 7.66. The highest BCUT2D eigenvalue weighted by atomic mass is 32.1. The van der Waals surface area contributed by atoms with Gasteiger partial charge in [-0.1, -0.05) is 32.0 Å². The molecule has 0 spiro atoms. The summed E-state index contributed by atoms with van der Waals surface area (Å²) in [7, 11) is 0. The van der Waals surface area contributed by atoms with Crippen molar-refractivity contribution in [1.29, 1.82) is 5.26 Å². The van der Waals surface area contributed by atoms with Crippen LogP contribution >= 0.6 is 11.3 Å². The summed E-state index contributed by atoms with van der Waals surface area (Å²) in [6.45, 7) is 4.13. The Kier molecular flexibility index (Phi) is 5.40. The van der Waals surface area contributed by atoms with E-state index in [2.05, 4.69) is 25.2 Å². The third kappa shape index (κ3) is 3.85. The molecule has 2 aromatic rings. The number of fused-ring (bicyclic) bond motifs is 1. The predicted molar refractivity (Wildman–Crippen MR) is 100 cm³/mol. The number of thiophene rings is 1. The molecule has 1 N–H and O–H groups in total. The first-order chi connectivity index (χ1) is 12.1. The molecule has 1 aliphatic carbocycles. The van der Waals surface area contributed by atoms with Crippen LogP contribution in [-0.4, -0.2) is 12.5 Å². The number of para-hydroxylation sites is 1. The molecule has 1 aromatic carbocycles. The van der Waals surface area contributed by atoms with Crippen LogP contribution in [0.1, 0.15) is 54.2 Å². The number of carbonyl (C=O) groups is 1. The Balaban J connectivity index is 1.68. The summed E-state index contributed by atoms with van der Waals surface area (Å²) < 4.78 is 5.72. The quantitative estimate of drug-likeness (QED) is 0.851. The van der Waals surface area contributed by atoms with Crippen LogP contribution in [0.25, 0.3) is 0 Å². The van der Waals surface area contributed by atoms with Gasteiger partial charge in [0.25, 0.3) is 5.91 Å². The lowest BCUT2D eigenvalue weighted by atomic mass is 9.96. The van der Waals surface area contributed by atoms with Gasteiger partial charge in [0.1, 0.15) is 16.8 Å². The third-order valence-corrected chi connectivity index (χ3v) is 5.64. The maximum Gasteiger partial charge on any atom is 0.262 e. The van der Waals surface area contributed by atoms with E-state index >= 15 is 0 Å². The summed E-state index contributed by atoms with van der Waals surface area (Å²) in [6.07, 6.45) is 4.20. The third-order valence-electron chi connectivity index (χ3n) is 4.44. The number of nitrogens with one attached hydrogen (secondary N) is 1. The molecule has 0 radical (unpaired) electrons. The number of aryl methyl sites for hydroxylation is 1. The van der Waals surface area contributed by atoms with Crippen LogP contribution in [0.15, 0.2) is 24.3 Å². The number of ether oxygens (including phenoxy) is 1. The monoisotopic (exact) mass is 354 g/mol. The van der Waals surface area contributed by atoms with E-state index in [1.807, 2.05) is 24.3 Å². The number of anilines is 1. The molecule has 1 aromatic heterocycles. The summed E-state index contributed by atoms with van der Waals surface area (Å²) in [5.41, 5.74) is 2.84. The van der Waals surface area contributed by atoms with Gasteiger partial charge in [-0.15, -0.1) is 11.3 Å². The zero-order valence-corrected chi connectivity index (χ0v) is 15.4. The van der Waals surface area contributed by atoms with E-state index in [1.54, 1.807) is 0 Å². The molecule has 4 nitrogen and oxygen atoms in total. The van der Waals surface area contributed by atoms with Crippen LogP contribution in [0.5, 0.6) is 5.75 Å². The molecule has 1 aliphatic rings. The normalized spacial score (nSPS) is 13.2. The fourth-order valence-electron chi connectivity index (χ4n) is 3.17. The van der Waals surface area contributed by atoms with E-state index in [0.717, 1.165) is 42.6 Å². The number of nitrogens with zero attached hydrogens (tertiary/aromatic N) is 1. The van der Waals surface area contributed by atoms with Gasteiger partial charge in [-0.3, -0.25) is 4.79 Å². The van der Waals surface area contributed by atoms with Crippen molar-refractivity contribution < 1.29 is 9.53 Å². The maximum absolute atomic E-state index is 12.3. The zero-order chi connectivity index (χ0) is 17.8. The minimum absolute atomic E-state index is 0.0584. The minimum atomic E-state index is -0.228. The fraction of sp³-hybridized carbons (Fsp3) is 0.400. The van der Waals surface area contributed by atoms with Gasteiger partial charge >= 0.3 is 0 Å². The molecule has 1 amide bonds. The van der Waals surface area contributed by atoms with E-state index in [-0.39, 0.29) is 12.5 Å². The smallest absolute Gasteiger partial charge is 0.262 e. The highest BCUT2D eigenvalue weighted by Crippen LogP contribution is 2.37. The van der Waals surface area contributed by atoms with Crippen molar-refractivity contribution in [2.24, 2.45) is 0 Å². The van der Waals surface area contributed by atoms with Crippen molar-refractivity contribution in [2.75, 3.05) is 11.9 Å². The second-order valence-electron chi connectivity index (χ2n) is 6.56. The van der Waals surface area contributed by atoms with Crippen LogP contribution in [0, 0.1) is 11.3 Å². The van der Waals surface area contributed by atoms with Crippen molar-refractivity contribution in [3.8, 4) is 11.8 Å². The number of hydrogen-bond acceptors (Lipinski definition) is 4. The van der Waals surface area contributed by atoms with E-state index in [4.69, 9.17) is 4.74 Å². The SMILES string of the molecule is CC(C)c1ccccc1OCC(=O)Nc1sc2c(c1C#N)CCCC2. The van der Waals surface area contributed by atoms with Gasteiger partial charge in [0.2, 0.25) is 0 Å². The number of amides is 1. The van der Waals surface area contributed by atoms with Gasteiger partial charge in [0.05, 0.1) is 5.56 Å². The van der Waals surface area contributed by atoms with Gasteiger partial charge < -0.3 is 10.1 Å². The van der Waals surface area contributed by atoms with Gasteiger partial charge in [0.15, 0.2) is 6.61 Å². The highest BCUT2D eigenvalue weighted by molar-refractivity contribution is 7.16. The van der Waals surface area contributed by atoms with E-state index in [9.17, 15) is 10.1 Å². The fourth-order valence-corrected chi connectivity index (χ4v) is 4.42. The zero-order valence-electron chi connectivity index (χ0n) is 14.6. The number of carbonyl (C=O) groups excluding carboxylic acids is 1. The molecule has 3 rings (SSSR count). The summed E-state index contributed by atoms with van der Waals surface area (Å²) in [4.78, 5) is 13.5. The Bertz CT molecular complexity index is 818. The van der Waals surface area contributed by atoms with E-state index in [1.165, 1.54) is 16.2 Å². The first-order valence-electron chi connectivity index (χ1n) is 8.66. The van der Waals surface area contributed by atoms with Crippen LogP contribution in [-0.2, 0) is 17.6 Å². The molecular weight excluding hydrogens is 332 g/mol. The van der Waals surface area contributed by atoms with Gasteiger partial charge in [-0.2, -0.15) is 5.26 Å². The average Bonchev–Trinajstić information content (AvgIpc) is 2.97. The minimum Gasteiger partial charge on any atom is -0.483 e. The molecule has 0 bridgehead atoms. The largest absolute Gasteiger partial charge is 0.483 e. The van der Waals surface area contributed by atoms with Crippen molar-refractivity contribution in [2.45, 2.75) is 45.4 Å². The lowest BCUT2D eigenvalue weighted by molar-refractivity contribution is -0.118. The molecule has 0 unspecified atom stereocenters. The topological polar surface area (TPSA) is 62.1 Å². The molecule has 130 valence electrons. The molecule has 0 aliphatic heterocycles. The van der Waals surface area contributed by atoms with Crippen molar-refractivity contribution in [1.82, 2.24) is 0 Å². The summed E-state index contributed by atoms with van der Waals surface area (Å²) in [6, 6.07) is 10.0. The Morgan fingerprint density at radius 1 is 1.32 bits per heavy atom. The lowest BCUT2D eigenvalue weighted by Crippen LogP contribution is -2.20. The summed E-state index contributed by atoms with van der Waals surface area (Å²) >= 11 is 1.53. The van der Waals surface area contributed by atoms with Crippen LogP contribution in [0.4, 0.5) is 5.00 Å². The Labute approximate surface area is 152 Å². The molecule has 0 atom stereocenters. The number of benzene rings is 1. The first kappa shape index (κ1) is 17.5. The number of rotatable bonds is 5.